The molecule has 2 atom stereocenters. The van der Waals surface area contributed by atoms with E-state index in [-0.39, 0.29) is 13.1 Å². The molecule has 1 fully saturated rings. The number of rotatable bonds is 15. The fourth-order valence-electron chi connectivity index (χ4n) is 3.98. The highest BCUT2D eigenvalue weighted by Crippen LogP contribution is 2.27. The Labute approximate surface area is 178 Å². The molecule has 0 aromatic rings. The van der Waals surface area contributed by atoms with E-state index in [1.54, 1.807) is 4.90 Å². The summed E-state index contributed by atoms with van der Waals surface area (Å²) in [4.78, 5) is 59.9. The Morgan fingerprint density at radius 2 is 0.903 bits per heavy atom. The van der Waals surface area contributed by atoms with Gasteiger partial charge in [-0.3, -0.25) is 38.7 Å². The molecule has 13 heteroatoms. The Morgan fingerprint density at radius 1 is 0.548 bits per heavy atom. The van der Waals surface area contributed by atoms with Crippen molar-refractivity contribution in [1.82, 2.24) is 14.7 Å². The second kappa shape index (κ2) is 12.8. The average molecular weight is 447 g/mol. The van der Waals surface area contributed by atoms with Gasteiger partial charge in [-0.1, -0.05) is 12.8 Å². The zero-order valence-electron chi connectivity index (χ0n) is 17.1. The van der Waals surface area contributed by atoms with Crippen LogP contribution in [0.3, 0.4) is 0 Å². The molecule has 31 heavy (non-hydrogen) atoms. The molecule has 0 bridgehead atoms. The number of carbonyl (C=O) groups is 5. The van der Waals surface area contributed by atoms with Gasteiger partial charge in [-0.15, -0.1) is 0 Å². The standard InChI is InChI=1S/C18H29N3O10/c22-14(23)7-19(8-15(24)25)5-6-20(9-16(26)27)12-3-1-2-4-13(12)21(10-17(28)29)11-18(30)31/h12-13H,1-11H2,(H,22,23)(H,24,25)(H,26,27)(H,28,29)(H,30,31)/t12-,13+/m1/s1. The van der Waals surface area contributed by atoms with Crippen LogP contribution in [-0.2, 0) is 24.0 Å². The first-order chi connectivity index (χ1) is 14.5. The summed E-state index contributed by atoms with van der Waals surface area (Å²) in [6.45, 7) is -2.54. The zero-order chi connectivity index (χ0) is 23.6. The minimum atomic E-state index is -1.23. The minimum absolute atomic E-state index is 0.0298. The summed E-state index contributed by atoms with van der Waals surface area (Å²) < 4.78 is 0. The number of carboxylic acids is 5. The summed E-state index contributed by atoms with van der Waals surface area (Å²) in [5, 5.41) is 45.7. The van der Waals surface area contributed by atoms with E-state index >= 15 is 0 Å². The van der Waals surface area contributed by atoms with E-state index in [4.69, 9.17) is 10.2 Å². The lowest BCUT2D eigenvalue weighted by atomic mass is 9.87. The van der Waals surface area contributed by atoms with Gasteiger partial charge >= 0.3 is 29.8 Å². The lowest BCUT2D eigenvalue weighted by Gasteiger charge is -2.44. The maximum atomic E-state index is 11.4. The van der Waals surface area contributed by atoms with Gasteiger partial charge in [0.05, 0.1) is 32.7 Å². The van der Waals surface area contributed by atoms with Gasteiger partial charge in [-0.2, -0.15) is 0 Å². The second-order valence-electron chi connectivity index (χ2n) is 7.47. The normalized spacial score (nSPS) is 18.9. The van der Waals surface area contributed by atoms with Crippen molar-refractivity contribution in [3.05, 3.63) is 0 Å². The second-order valence-corrected chi connectivity index (χ2v) is 7.47. The summed E-state index contributed by atoms with van der Waals surface area (Å²) in [6, 6.07) is -0.993. The maximum Gasteiger partial charge on any atom is 0.317 e. The zero-order valence-corrected chi connectivity index (χ0v) is 17.1. The topological polar surface area (TPSA) is 196 Å². The molecule has 1 rings (SSSR count). The first-order valence-electron chi connectivity index (χ1n) is 9.79. The van der Waals surface area contributed by atoms with Gasteiger partial charge < -0.3 is 25.5 Å². The molecule has 0 radical (unpaired) electrons. The first-order valence-corrected chi connectivity index (χ1v) is 9.79. The number of carboxylic acid groups (broad SMARTS) is 5. The summed E-state index contributed by atoms with van der Waals surface area (Å²) in [6.07, 6.45) is 2.45. The van der Waals surface area contributed by atoms with E-state index in [1.165, 1.54) is 4.90 Å². The van der Waals surface area contributed by atoms with Crippen molar-refractivity contribution >= 4 is 29.8 Å². The highest BCUT2D eigenvalue weighted by atomic mass is 16.4. The van der Waals surface area contributed by atoms with Crippen molar-refractivity contribution in [2.45, 2.75) is 37.8 Å². The van der Waals surface area contributed by atoms with Crippen molar-refractivity contribution in [1.29, 1.82) is 0 Å². The summed E-state index contributed by atoms with van der Waals surface area (Å²) in [5.41, 5.74) is 0. The van der Waals surface area contributed by atoms with Crippen LogP contribution in [0.5, 0.6) is 0 Å². The van der Waals surface area contributed by atoms with E-state index in [2.05, 4.69) is 0 Å². The molecule has 0 aliphatic heterocycles. The Hall–Kier alpha value is -2.77. The third-order valence-electron chi connectivity index (χ3n) is 5.07. The first kappa shape index (κ1) is 26.3. The van der Waals surface area contributed by atoms with Crippen molar-refractivity contribution < 1.29 is 49.5 Å². The third-order valence-corrected chi connectivity index (χ3v) is 5.07. The molecule has 5 N–H and O–H groups in total. The predicted molar refractivity (Wildman–Crippen MR) is 104 cm³/mol. The Morgan fingerprint density at radius 3 is 1.29 bits per heavy atom. The molecule has 1 aliphatic rings. The summed E-state index contributed by atoms with van der Waals surface area (Å²) in [7, 11) is 0. The number of nitrogens with zero attached hydrogens (tertiary/aromatic N) is 3. The molecule has 13 nitrogen and oxygen atoms in total. The molecule has 0 saturated heterocycles. The Bertz CT molecular complexity index is 639. The van der Waals surface area contributed by atoms with Crippen molar-refractivity contribution in [2.75, 3.05) is 45.8 Å². The Balaban J connectivity index is 3.06. The highest BCUT2D eigenvalue weighted by Gasteiger charge is 2.36. The molecule has 0 aromatic carbocycles. The van der Waals surface area contributed by atoms with Gasteiger partial charge in [0.25, 0.3) is 0 Å². The van der Waals surface area contributed by atoms with Crippen LogP contribution in [0.4, 0.5) is 0 Å². The van der Waals surface area contributed by atoms with E-state index in [9.17, 15) is 39.3 Å². The van der Waals surface area contributed by atoms with Crippen molar-refractivity contribution in [3.63, 3.8) is 0 Å². The highest BCUT2D eigenvalue weighted by molar-refractivity contribution is 5.73. The molecule has 0 heterocycles. The fourth-order valence-corrected chi connectivity index (χ4v) is 3.98. The predicted octanol–water partition coefficient (Wildman–Crippen LogP) is -1.37. The minimum Gasteiger partial charge on any atom is -0.480 e. The smallest absolute Gasteiger partial charge is 0.317 e. The molecule has 0 aromatic heterocycles. The van der Waals surface area contributed by atoms with Crippen LogP contribution in [0.2, 0.25) is 0 Å². The van der Waals surface area contributed by atoms with E-state index < -0.39 is 74.7 Å². The molecule has 0 amide bonds. The van der Waals surface area contributed by atoms with E-state index in [1.807, 2.05) is 0 Å². The van der Waals surface area contributed by atoms with Gasteiger partial charge in [0.2, 0.25) is 0 Å². The van der Waals surface area contributed by atoms with Gasteiger partial charge in [0.15, 0.2) is 0 Å². The van der Waals surface area contributed by atoms with Crippen LogP contribution < -0.4 is 0 Å². The maximum absolute atomic E-state index is 11.4. The molecule has 0 unspecified atom stereocenters. The SMILES string of the molecule is O=C(O)CN(CCN(CC(=O)O)[C@@H]1CCCC[C@@H]1N(CC(=O)O)CC(=O)O)CC(=O)O. The van der Waals surface area contributed by atoms with Gasteiger partial charge in [-0.25, -0.2) is 0 Å². The fraction of sp³-hybridized carbons (Fsp3) is 0.722. The number of aliphatic carboxylic acids is 5. The largest absolute Gasteiger partial charge is 0.480 e. The van der Waals surface area contributed by atoms with Crippen LogP contribution in [-0.4, -0.2) is 128 Å². The number of hydrogen-bond acceptors (Lipinski definition) is 8. The third kappa shape index (κ3) is 10.2. The molecular weight excluding hydrogens is 418 g/mol. The van der Waals surface area contributed by atoms with E-state index in [0.717, 1.165) is 17.7 Å². The van der Waals surface area contributed by atoms with E-state index in [0.29, 0.717) is 12.8 Å². The molecule has 1 saturated carbocycles. The summed E-state index contributed by atoms with van der Waals surface area (Å²) >= 11 is 0. The Kier molecular flexibility index (Phi) is 10.9. The van der Waals surface area contributed by atoms with Gasteiger partial charge in [-0.05, 0) is 12.8 Å². The monoisotopic (exact) mass is 447 g/mol. The summed E-state index contributed by atoms with van der Waals surface area (Å²) in [5.74, 6) is -6.02. The lowest BCUT2D eigenvalue weighted by molar-refractivity contribution is -0.146. The average Bonchev–Trinajstić information content (AvgIpc) is 2.62. The molecule has 1 aliphatic carbocycles. The van der Waals surface area contributed by atoms with Crippen LogP contribution in [0.15, 0.2) is 0 Å². The van der Waals surface area contributed by atoms with Crippen LogP contribution in [0, 0.1) is 0 Å². The quantitative estimate of drug-likeness (QED) is 0.197. The van der Waals surface area contributed by atoms with Crippen LogP contribution in [0.1, 0.15) is 25.7 Å². The van der Waals surface area contributed by atoms with Crippen molar-refractivity contribution in [3.8, 4) is 0 Å². The molecule has 176 valence electrons. The van der Waals surface area contributed by atoms with Crippen LogP contribution in [0.25, 0.3) is 0 Å². The molecular formula is C18H29N3O10. The molecule has 0 spiro atoms. The van der Waals surface area contributed by atoms with Crippen molar-refractivity contribution in [2.24, 2.45) is 0 Å². The van der Waals surface area contributed by atoms with Crippen LogP contribution >= 0.6 is 0 Å². The number of hydrogen-bond donors (Lipinski definition) is 5. The lowest BCUT2D eigenvalue weighted by Crippen LogP contribution is -2.57. The van der Waals surface area contributed by atoms with Gasteiger partial charge in [0.1, 0.15) is 0 Å². The van der Waals surface area contributed by atoms with Gasteiger partial charge in [0, 0.05) is 25.2 Å².